The Morgan fingerprint density at radius 3 is 2.67 bits per heavy atom. The van der Waals surface area contributed by atoms with Crippen molar-refractivity contribution in [1.82, 2.24) is 14.5 Å². The van der Waals surface area contributed by atoms with Crippen LogP contribution >= 0.6 is 34.5 Å². The second-order valence-corrected chi connectivity index (χ2v) is 6.30. The molecule has 0 radical (unpaired) electrons. The number of carboxylic acid groups (broad SMARTS) is 1. The van der Waals surface area contributed by atoms with E-state index in [1.807, 2.05) is 12.3 Å². The van der Waals surface area contributed by atoms with Gasteiger partial charge in [0.1, 0.15) is 12.2 Å². The number of aryl methyl sites for hydroxylation is 1. The zero-order chi connectivity index (χ0) is 15.1. The summed E-state index contributed by atoms with van der Waals surface area (Å²) in [6, 6.07) is 3.25. The first-order valence-electron chi connectivity index (χ1n) is 5.95. The molecule has 21 heavy (non-hydrogen) atoms. The lowest BCUT2D eigenvalue weighted by atomic mass is 10.3. The van der Waals surface area contributed by atoms with Crippen molar-refractivity contribution >= 4 is 51.5 Å². The monoisotopic (exact) mass is 341 g/mol. The summed E-state index contributed by atoms with van der Waals surface area (Å²) in [5.41, 5.74) is 1.85. The van der Waals surface area contributed by atoms with Crippen LogP contribution in [-0.4, -0.2) is 25.6 Å². The predicted molar refractivity (Wildman–Crippen MR) is 83.2 cm³/mol. The van der Waals surface area contributed by atoms with Crippen LogP contribution < -0.4 is 0 Å². The predicted octanol–water partition coefficient (Wildman–Crippen LogP) is 3.86. The SMILES string of the molecule is Cc1nc(-c2nc3cc(Cl)c(Cl)cc3n2CC(=O)O)cs1. The number of thiazole rings is 1. The molecule has 108 valence electrons. The topological polar surface area (TPSA) is 68.0 Å². The highest BCUT2D eigenvalue weighted by Crippen LogP contribution is 2.31. The van der Waals surface area contributed by atoms with E-state index in [1.54, 1.807) is 16.7 Å². The van der Waals surface area contributed by atoms with Crippen LogP contribution in [0.2, 0.25) is 10.0 Å². The zero-order valence-corrected chi connectivity index (χ0v) is 13.1. The first kappa shape index (κ1) is 14.3. The summed E-state index contributed by atoms with van der Waals surface area (Å²) in [4.78, 5) is 19.9. The van der Waals surface area contributed by atoms with E-state index in [4.69, 9.17) is 28.3 Å². The van der Waals surface area contributed by atoms with Gasteiger partial charge in [-0.05, 0) is 19.1 Å². The Labute approximate surface area is 133 Å². The van der Waals surface area contributed by atoms with Gasteiger partial charge in [-0.1, -0.05) is 23.2 Å². The molecule has 0 aliphatic carbocycles. The summed E-state index contributed by atoms with van der Waals surface area (Å²) in [6.07, 6.45) is 0. The van der Waals surface area contributed by atoms with Crippen molar-refractivity contribution in [2.45, 2.75) is 13.5 Å². The molecule has 0 amide bonds. The minimum atomic E-state index is -0.964. The van der Waals surface area contributed by atoms with Crippen LogP contribution in [0.15, 0.2) is 17.5 Å². The van der Waals surface area contributed by atoms with Crippen molar-refractivity contribution in [3.8, 4) is 11.5 Å². The Hall–Kier alpha value is -1.63. The Balaban J connectivity index is 2.29. The van der Waals surface area contributed by atoms with Gasteiger partial charge in [0.05, 0.1) is 26.1 Å². The summed E-state index contributed by atoms with van der Waals surface area (Å²) in [6.45, 7) is 1.66. The minimum absolute atomic E-state index is 0.222. The first-order valence-corrected chi connectivity index (χ1v) is 7.59. The van der Waals surface area contributed by atoms with Gasteiger partial charge >= 0.3 is 5.97 Å². The first-order chi connectivity index (χ1) is 9.95. The van der Waals surface area contributed by atoms with E-state index in [0.717, 1.165) is 5.01 Å². The molecule has 0 saturated heterocycles. The number of aliphatic carboxylic acids is 1. The summed E-state index contributed by atoms with van der Waals surface area (Å²) in [7, 11) is 0. The van der Waals surface area contributed by atoms with Gasteiger partial charge in [0, 0.05) is 5.38 Å². The highest BCUT2D eigenvalue weighted by molar-refractivity contribution is 7.09. The maximum absolute atomic E-state index is 11.1. The van der Waals surface area contributed by atoms with E-state index in [0.29, 0.717) is 32.6 Å². The van der Waals surface area contributed by atoms with Crippen molar-refractivity contribution in [1.29, 1.82) is 0 Å². The van der Waals surface area contributed by atoms with Crippen LogP contribution in [0.3, 0.4) is 0 Å². The number of fused-ring (bicyclic) bond motifs is 1. The van der Waals surface area contributed by atoms with Crippen molar-refractivity contribution in [2.24, 2.45) is 0 Å². The summed E-state index contributed by atoms with van der Waals surface area (Å²) in [5, 5.41) is 12.6. The maximum atomic E-state index is 11.1. The number of aromatic nitrogens is 3. The largest absolute Gasteiger partial charge is 0.480 e. The van der Waals surface area contributed by atoms with Crippen LogP contribution in [0.5, 0.6) is 0 Å². The lowest BCUT2D eigenvalue weighted by molar-refractivity contribution is -0.137. The van der Waals surface area contributed by atoms with Gasteiger partial charge in [-0.3, -0.25) is 4.79 Å². The number of imidazole rings is 1. The standard InChI is InChI=1S/C13H9Cl2N3O2S/c1-6-16-10(5-21-6)13-17-9-2-7(14)8(15)3-11(9)18(13)4-12(19)20/h2-3,5H,4H2,1H3,(H,19,20). The van der Waals surface area contributed by atoms with Crippen LogP contribution in [0.4, 0.5) is 0 Å². The molecule has 3 aromatic rings. The molecule has 0 spiro atoms. The van der Waals surface area contributed by atoms with Gasteiger partial charge in [-0.15, -0.1) is 11.3 Å². The van der Waals surface area contributed by atoms with Crippen LogP contribution in [-0.2, 0) is 11.3 Å². The number of carbonyl (C=O) groups is 1. The number of rotatable bonds is 3. The second kappa shape index (κ2) is 5.29. The van der Waals surface area contributed by atoms with Gasteiger partial charge in [-0.2, -0.15) is 0 Å². The van der Waals surface area contributed by atoms with Gasteiger partial charge in [0.25, 0.3) is 0 Å². The summed E-state index contributed by atoms with van der Waals surface area (Å²) < 4.78 is 1.58. The average Bonchev–Trinajstić information content (AvgIpc) is 2.95. The van der Waals surface area contributed by atoms with Crippen LogP contribution in [0.1, 0.15) is 5.01 Å². The van der Waals surface area contributed by atoms with Gasteiger partial charge < -0.3 is 9.67 Å². The van der Waals surface area contributed by atoms with E-state index in [-0.39, 0.29) is 6.54 Å². The van der Waals surface area contributed by atoms with Crippen LogP contribution in [0, 0.1) is 6.92 Å². The van der Waals surface area contributed by atoms with Crippen molar-refractivity contribution < 1.29 is 9.90 Å². The van der Waals surface area contributed by atoms with E-state index < -0.39 is 5.97 Å². The van der Waals surface area contributed by atoms with E-state index in [1.165, 1.54) is 11.3 Å². The van der Waals surface area contributed by atoms with Crippen molar-refractivity contribution in [3.05, 3.63) is 32.6 Å². The number of hydrogen-bond acceptors (Lipinski definition) is 4. The zero-order valence-electron chi connectivity index (χ0n) is 10.8. The smallest absolute Gasteiger partial charge is 0.323 e. The molecule has 0 aliphatic rings. The van der Waals surface area contributed by atoms with E-state index >= 15 is 0 Å². The third-order valence-electron chi connectivity index (χ3n) is 2.93. The maximum Gasteiger partial charge on any atom is 0.323 e. The molecule has 0 aliphatic heterocycles. The number of nitrogens with zero attached hydrogens (tertiary/aromatic N) is 3. The van der Waals surface area contributed by atoms with Gasteiger partial charge in [0.15, 0.2) is 5.82 Å². The third kappa shape index (κ3) is 2.62. The molecule has 0 saturated carbocycles. The van der Waals surface area contributed by atoms with Gasteiger partial charge in [-0.25, -0.2) is 9.97 Å². The van der Waals surface area contributed by atoms with E-state index in [2.05, 4.69) is 9.97 Å². The Bertz CT molecular complexity index is 857. The molecule has 1 aromatic carbocycles. The fraction of sp³-hybridized carbons (Fsp3) is 0.154. The molecule has 8 heteroatoms. The highest BCUT2D eigenvalue weighted by atomic mass is 35.5. The lowest BCUT2D eigenvalue weighted by Gasteiger charge is -2.04. The molecule has 0 atom stereocenters. The molecule has 0 unspecified atom stereocenters. The molecule has 2 aromatic heterocycles. The van der Waals surface area contributed by atoms with Gasteiger partial charge in [0.2, 0.25) is 0 Å². The molecule has 5 nitrogen and oxygen atoms in total. The molecule has 0 bridgehead atoms. The molecular formula is C13H9Cl2N3O2S. The molecular weight excluding hydrogens is 333 g/mol. The fourth-order valence-corrected chi connectivity index (χ4v) is 2.98. The van der Waals surface area contributed by atoms with E-state index in [9.17, 15) is 4.79 Å². The fourth-order valence-electron chi connectivity index (χ4n) is 2.08. The Morgan fingerprint density at radius 2 is 2.05 bits per heavy atom. The molecule has 1 N–H and O–H groups in total. The van der Waals surface area contributed by atoms with Crippen molar-refractivity contribution in [3.63, 3.8) is 0 Å². The number of benzene rings is 1. The quantitative estimate of drug-likeness (QED) is 0.785. The summed E-state index contributed by atoms with van der Waals surface area (Å²) in [5.74, 6) is -0.469. The third-order valence-corrected chi connectivity index (χ3v) is 4.43. The normalized spacial score (nSPS) is 11.2. The van der Waals surface area contributed by atoms with Crippen molar-refractivity contribution in [2.75, 3.05) is 0 Å². The summed E-state index contributed by atoms with van der Waals surface area (Å²) >= 11 is 13.5. The molecule has 3 rings (SSSR count). The highest BCUT2D eigenvalue weighted by Gasteiger charge is 2.18. The number of halogens is 2. The number of carboxylic acids is 1. The average molecular weight is 342 g/mol. The Kier molecular flexibility index (Phi) is 3.61. The minimum Gasteiger partial charge on any atom is -0.480 e. The lowest BCUT2D eigenvalue weighted by Crippen LogP contribution is -2.10. The van der Waals surface area contributed by atoms with Crippen LogP contribution in [0.25, 0.3) is 22.6 Å². The number of hydrogen-bond donors (Lipinski definition) is 1. The molecule has 2 heterocycles. The Morgan fingerprint density at radius 1 is 1.33 bits per heavy atom. The molecule has 0 fully saturated rings. The second-order valence-electron chi connectivity index (χ2n) is 4.42.